The molecule has 2 heterocycles. The van der Waals surface area contributed by atoms with Gasteiger partial charge in [0.1, 0.15) is 5.82 Å². The van der Waals surface area contributed by atoms with Gasteiger partial charge in [0.25, 0.3) is 0 Å². The molecule has 0 amide bonds. The SMILES string of the molecule is Cl.Cl.c1ccc2[nH]c(C3CCNC3)nc2c1. The van der Waals surface area contributed by atoms with Crippen molar-refractivity contribution in [1.82, 2.24) is 15.3 Å². The predicted octanol–water partition coefficient (Wildman–Crippen LogP) is 2.48. The van der Waals surface area contributed by atoms with Gasteiger partial charge in [-0.15, -0.1) is 24.8 Å². The molecule has 88 valence electrons. The zero-order valence-corrected chi connectivity index (χ0v) is 10.4. The number of imidazole rings is 1. The number of fused-ring (bicyclic) bond motifs is 1. The molecule has 0 aliphatic carbocycles. The molecule has 3 nitrogen and oxygen atoms in total. The molecule has 1 aromatic carbocycles. The maximum atomic E-state index is 4.60. The molecule has 3 rings (SSSR count). The van der Waals surface area contributed by atoms with Gasteiger partial charge in [-0.05, 0) is 25.1 Å². The number of para-hydroxylation sites is 2. The van der Waals surface area contributed by atoms with Crippen LogP contribution in [0.5, 0.6) is 0 Å². The minimum absolute atomic E-state index is 0. The molecule has 1 atom stereocenters. The lowest BCUT2D eigenvalue weighted by atomic mass is 10.1. The number of hydrogen-bond donors (Lipinski definition) is 2. The summed E-state index contributed by atoms with van der Waals surface area (Å²) in [6, 6.07) is 8.20. The van der Waals surface area contributed by atoms with Gasteiger partial charge in [0.05, 0.1) is 11.0 Å². The topological polar surface area (TPSA) is 40.7 Å². The van der Waals surface area contributed by atoms with E-state index in [2.05, 4.69) is 27.4 Å². The Morgan fingerprint density at radius 2 is 2.00 bits per heavy atom. The molecule has 1 unspecified atom stereocenters. The summed E-state index contributed by atoms with van der Waals surface area (Å²) < 4.78 is 0. The van der Waals surface area contributed by atoms with Crippen LogP contribution in [0.3, 0.4) is 0 Å². The second-order valence-corrected chi connectivity index (χ2v) is 3.83. The molecule has 1 aliphatic heterocycles. The van der Waals surface area contributed by atoms with Crippen molar-refractivity contribution in [3.63, 3.8) is 0 Å². The van der Waals surface area contributed by atoms with Crippen molar-refractivity contribution in [2.24, 2.45) is 0 Å². The number of nitrogens with zero attached hydrogens (tertiary/aromatic N) is 1. The fourth-order valence-corrected chi connectivity index (χ4v) is 2.05. The first-order valence-corrected chi connectivity index (χ1v) is 5.09. The average Bonchev–Trinajstić information content (AvgIpc) is 2.86. The summed E-state index contributed by atoms with van der Waals surface area (Å²) in [6.07, 6.45) is 1.19. The monoisotopic (exact) mass is 259 g/mol. The second kappa shape index (κ2) is 5.53. The van der Waals surface area contributed by atoms with E-state index in [-0.39, 0.29) is 24.8 Å². The van der Waals surface area contributed by atoms with E-state index in [1.54, 1.807) is 0 Å². The Balaban J connectivity index is 0.000000640. The second-order valence-electron chi connectivity index (χ2n) is 3.83. The third-order valence-electron chi connectivity index (χ3n) is 2.85. The first kappa shape index (κ1) is 13.3. The highest BCUT2D eigenvalue weighted by Gasteiger charge is 2.19. The predicted molar refractivity (Wildman–Crippen MR) is 70.8 cm³/mol. The third kappa shape index (κ3) is 2.32. The highest BCUT2D eigenvalue weighted by atomic mass is 35.5. The first-order valence-electron chi connectivity index (χ1n) is 5.09. The fraction of sp³-hybridized carbons (Fsp3) is 0.364. The molecule has 5 heteroatoms. The van der Waals surface area contributed by atoms with E-state index in [0.29, 0.717) is 5.92 Å². The van der Waals surface area contributed by atoms with E-state index in [9.17, 15) is 0 Å². The van der Waals surface area contributed by atoms with Gasteiger partial charge < -0.3 is 10.3 Å². The van der Waals surface area contributed by atoms with Crippen molar-refractivity contribution >= 4 is 35.8 Å². The summed E-state index contributed by atoms with van der Waals surface area (Å²) in [6.45, 7) is 2.17. The minimum Gasteiger partial charge on any atom is -0.342 e. The van der Waals surface area contributed by atoms with Crippen LogP contribution in [0, 0.1) is 0 Å². The lowest BCUT2D eigenvalue weighted by molar-refractivity contribution is 0.717. The molecule has 1 aliphatic rings. The Morgan fingerprint density at radius 1 is 1.19 bits per heavy atom. The Labute approximate surface area is 107 Å². The number of aromatic amines is 1. The quantitative estimate of drug-likeness (QED) is 0.827. The van der Waals surface area contributed by atoms with Crippen LogP contribution in [0.2, 0.25) is 0 Å². The molecule has 0 bridgehead atoms. The summed E-state index contributed by atoms with van der Waals surface area (Å²) in [5.74, 6) is 1.71. The summed E-state index contributed by atoms with van der Waals surface area (Å²) >= 11 is 0. The molecule has 2 aromatic rings. The van der Waals surface area contributed by atoms with E-state index < -0.39 is 0 Å². The van der Waals surface area contributed by atoms with Crippen LogP contribution in [0.25, 0.3) is 11.0 Å². The third-order valence-corrected chi connectivity index (χ3v) is 2.85. The van der Waals surface area contributed by atoms with Crippen LogP contribution >= 0.6 is 24.8 Å². The number of halogens is 2. The van der Waals surface area contributed by atoms with E-state index in [1.165, 1.54) is 6.42 Å². The lowest BCUT2D eigenvalue weighted by Gasteiger charge is -2.01. The lowest BCUT2D eigenvalue weighted by Crippen LogP contribution is -2.08. The van der Waals surface area contributed by atoms with Crippen molar-refractivity contribution in [3.8, 4) is 0 Å². The van der Waals surface area contributed by atoms with Crippen LogP contribution in [0.1, 0.15) is 18.2 Å². The largest absolute Gasteiger partial charge is 0.342 e. The molecule has 1 aromatic heterocycles. The first-order chi connectivity index (χ1) is 6.93. The van der Waals surface area contributed by atoms with Gasteiger partial charge in [-0.1, -0.05) is 12.1 Å². The Kier molecular flexibility index (Phi) is 4.59. The Bertz CT molecular complexity index is 416. The molecular weight excluding hydrogens is 245 g/mol. The Hall–Kier alpha value is -0.770. The van der Waals surface area contributed by atoms with Gasteiger partial charge in [-0.2, -0.15) is 0 Å². The van der Waals surface area contributed by atoms with Gasteiger partial charge >= 0.3 is 0 Å². The number of aromatic nitrogens is 2. The molecule has 1 fully saturated rings. The highest BCUT2D eigenvalue weighted by molar-refractivity contribution is 5.85. The normalized spacial score (nSPS) is 19.1. The molecule has 2 N–H and O–H groups in total. The van der Waals surface area contributed by atoms with Crippen LogP contribution in [-0.4, -0.2) is 23.1 Å². The number of hydrogen-bond acceptors (Lipinski definition) is 2. The van der Waals surface area contributed by atoms with E-state index in [1.807, 2.05) is 12.1 Å². The van der Waals surface area contributed by atoms with E-state index >= 15 is 0 Å². The molecule has 1 saturated heterocycles. The van der Waals surface area contributed by atoms with Gasteiger partial charge in [-0.3, -0.25) is 0 Å². The summed E-state index contributed by atoms with van der Waals surface area (Å²) in [5.41, 5.74) is 2.23. The molecule has 0 spiro atoms. The van der Waals surface area contributed by atoms with Crippen LogP contribution in [-0.2, 0) is 0 Å². The summed E-state index contributed by atoms with van der Waals surface area (Å²) in [4.78, 5) is 7.99. The smallest absolute Gasteiger partial charge is 0.111 e. The van der Waals surface area contributed by atoms with E-state index in [4.69, 9.17) is 0 Å². The molecule has 0 radical (unpaired) electrons. The number of H-pyrrole nitrogens is 1. The van der Waals surface area contributed by atoms with Gasteiger partial charge in [0.2, 0.25) is 0 Å². The zero-order valence-electron chi connectivity index (χ0n) is 8.77. The van der Waals surface area contributed by atoms with Crippen LogP contribution < -0.4 is 5.32 Å². The number of benzene rings is 1. The standard InChI is InChI=1S/C11H13N3.2ClH/c1-2-4-10-9(3-1)13-11(14-10)8-5-6-12-7-8;;/h1-4,8,12H,5-7H2,(H,13,14);2*1H. The van der Waals surface area contributed by atoms with Gasteiger partial charge in [0.15, 0.2) is 0 Å². The van der Waals surface area contributed by atoms with Crippen LogP contribution in [0.4, 0.5) is 0 Å². The van der Waals surface area contributed by atoms with Crippen molar-refractivity contribution in [1.29, 1.82) is 0 Å². The molecular formula is C11H15Cl2N3. The summed E-state index contributed by atoms with van der Waals surface area (Å²) in [5, 5.41) is 3.36. The zero-order chi connectivity index (χ0) is 9.38. The van der Waals surface area contributed by atoms with Crippen molar-refractivity contribution < 1.29 is 0 Å². The number of nitrogens with one attached hydrogen (secondary N) is 2. The maximum Gasteiger partial charge on any atom is 0.111 e. The van der Waals surface area contributed by atoms with Crippen molar-refractivity contribution in [2.45, 2.75) is 12.3 Å². The van der Waals surface area contributed by atoms with Gasteiger partial charge in [-0.25, -0.2) is 4.98 Å². The van der Waals surface area contributed by atoms with E-state index in [0.717, 1.165) is 29.9 Å². The highest BCUT2D eigenvalue weighted by Crippen LogP contribution is 2.22. The molecule has 0 saturated carbocycles. The summed E-state index contributed by atoms with van der Waals surface area (Å²) in [7, 11) is 0. The maximum absolute atomic E-state index is 4.60. The van der Waals surface area contributed by atoms with Crippen LogP contribution in [0.15, 0.2) is 24.3 Å². The molecule has 16 heavy (non-hydrogen) atoms. The number of rotatable bonds is 1. The fourth-order valence-electron chi connectivity index (χ4n) is 2.05. The Morgan fingerprint density at radius 3 is 2.69 bits per heavy atom. The minimum atomic E-state index is 0. The van der Waals surface area contributed by atoms with Crippen molar-refractivity contribution in [3.05, 3.63) is 30.1 Å². The van der Waals surface area contributed by atoms with Crippen molar-refractivity contribution in [2.75, 3.05) is 13.1 Å². The van der Waals surface area contributed by atoms with Gasteiger partial charge in [0, 0.05) is 12.5 Å². The average molecular weight is 260 g/mol.